The van der Waals surface area contributed by atoms with E-state index >= 15 is 0 Å². The van der Waals surface area contributed by atoms with Crippen LogP contribution < -0.4 is 10.6 Å². The SMILES string of the molecule is COC(=O)C1CCC(CN2CCc3c(nc(C(=O)Nc4cccc(-c5cccc(NC(=O)c6nc7c(n6C)CCN(C(=O)OC(C)(C)C)C7)c5Cl)c4C)n3C)C2)CC1. The van der Waals surface area contributed by atoms with Crippen molar-refractivity contribution in [2.75, 3.05) is 37.4 Å². The third-order valence-electron chi connectivity index (χ3n) is 11.7. The quantitative estimate of drug-likeness (QED) is 0.181. The molecule has 15 heteroatoms. The molecule has 3 amide bonds. The van der Waals surface area contributed by atoms with Gasteiger partial charge in [-0.05, 0) is 82.6 Å². The van der Waals surface area contributed by atoms with Crippen LogP contribution in [0.1, 0.15) is 96.0 Å². The first-order valence-corrected chi connectivity index (χ1v) is 20.4. The summed E-state index contributed by atoms with van der Waals surface area (Å²) in [4.78, 5) is 65.6. The molecule has 0 bridgehead atoms. The summed E-state index contributed by atoms with van der Waals surface area (Å²) < 4.78 is 14.2. The molecule has 7 rings (SSSR count). The van der Waals surface area contributed by atoms with Crippen LogP contribution in [-0.4, -0.2) is 85.1 Å². The molecule has 1 saturated carbocycles. The Kier molecular flexibility index (Phi) is 11.7. The van der Waals surface area contributed by atoms with Crippen LogP contribution in [0.3, 0.4) is 0 Å². The average Bonchev–Trinajstić information content (AvgIpc) is 3.71. The van der Waals surface area contributed by atoms with Crippen LogP contribution in [0.2, 0.25) is 5.02 Å². The van der Waals surface area contributed by atoms with Gasteiger partial charge in [-0.1, -0.05) is 35.9 Å². The van der Waals surface area contributed by atoms with E-state index in [-0.39, 0.29) is 30.2 Å². The first-order chi connectivity index (χ1) is 27.6. The Morgan fingerprint density at radius 2 is 1.38 bits per heavy atom. The lowest BCUT2D eigenvalue weighted by molar-refractivity contribution is -0.146. The predicted molar refractivity (Wildman–Crippen MR) is 221 cm³/mol. The maximum absolute atomic E-state index is 13.8. The van der Waals surface area contributed by atoms with Crippen molar-refractivity contribution >= 4 is 46.9 Å². The molecule has 4 heterocycles. The molecule has 0 radical (unpaired) electrons. The van der Waals surface area contributed by atoms with Crippen LogP contribution in [0.4, 0.5) is 16.2 Å². The zero-order valence-corrected chi connectivity index (χ0v) is 35.2. The highest BCUT2D eigenvalue weighted by Crippen LogP contribution is 2.38. The molecule has 0 saturated heterocycles. The third-order valence-corrected chi connectivity index (χ3v) is 12.1. The topological polar surface area (TPSA) is 153 Å². The molecule has 2 aromatic heterocycles. The van der Waals surface area contributed by atoms with Crippen LogP contribution in [-0.2, 0) is 54.3 Å². The molecule has 0 spiro atoms. The second kappa shape index (κ2) is 16.6. The lowest BCUT2D eigenvalue weighted by atomic mass is 9.81. The van der Waals surface area contributed by atoms with Gasteiger partial charge >= 0.3 is 12.1 Å². The zero-order valence-electron chi connectivity index (χ0n) is 34.4. The largest absolute Gasteiger partial charge is 0.469 e. The first-order valence-electron chi connectivity index (χ1n) is 20.0. The molecule has 308 valence electrons. The molecule has 2 N–H and O–H groups in total. The Morgan fingerprint density at radius 3 is 2.00 bits per heavy atom. The van der Waals surface area contributed by atoms with Gasteiger partial charge in [0.25, 0.3) is 11.8 Å². The van der Waals surface area contributed by atoms with Gasteiger partial charge < -0.3 is 34.1 Å². The van der Waals surface area contributed by atoms with Crippen LogP contribution in [0.5, 0.6) is 0 Å². The summed E-state index contributed by atoms with van der Waals surface area (Å²) in [5.74, 6) is 0.273. The van der Waals surface area contributed by atoms with Crippen molar-refractivity contribution in [3.8, 4) is 11.1 Å². The van der Waals surface area contributed by atoms with E-state index < -0.39 is 17.6 Å². The number of carbonyl (C=O) groups excluding carboxylic acids is 4. The summed E-state index contributed by atoms with van der Waals surface area (Å²) in [6, 6.07) is 11.1. The molecule has 3 aliphatic rings. The molecule has 1 fully saturated rings. The van der Waals surface area contributed by atoms with E-state index in [4.69, 9.17) is 26.1 Å². The van der Waals surface area contributed by atoms with Gasteiger partial charge in [-0.2, -0.15) is 0 Å². The molecule has 14 nitrogen and oxygen atoms in total. The first kappa shape index (κ1) is 41.0. The number of hydrogen-bond acceptors (Lipinski definition) is 9. The molecule has 1 aliphatic carbocycles. The van der Waals surface area contributed by atoms with E-state index in [1.807, 2.05) is 69.6 Å². The van der Waals surface area contributed by atoms with E-state index in [9.17, 15) is 19.2 Å². The number of rotatable bonds is 8. The summed E-state index contributed by atoms with van der Waals surface area (Å²) in [6.45, 7) is 10.6. The second-order valence-corrected chi connectivity index (χ2v) is 17.1. The van der Waals surface area contributed by atoms with Gasteiger partial charge in [-0.3, -0.25) is 19.3 Å². The maximum Gasteiger partial charge on any atom is 0.410 e. The number of carbonyl (C=O) groups is 4. The van der Waals surface area contributed by atoms with Crippen LogP contribution in [0.25, 0.3) is 11.1 Å². The van der Waals surface area contributed by atoms with Gasteiger partial charge in [0.1, 0.15) is 5.60 Å². The highest BCUT2D eigenvalue weighted by Gasteiger charge is 2.32. The van der Waals surface area contributed by atoms with Crippen molar-refractivity contribution in [2.24, 2.45) is 25.9 Å². The minimum absolute atomic E-state index is 0.0116. The van der Waals surface area contributed by atoms with Crippen molar-refractivity contribution in [3.63, 3.8) is 0 Å². The zero-order chi connectivity index (χ0) is 41.5. The van der Waals surface area contributed by atoms with E-state index in [0.717, 1.165) is 73.4 Å². The highest BCUT2D eigenvalue weighted by atomic mass is 35.5. The van der Waals surface area contributed by atoms with Crippen molar-refractivity contribution in [2.45, 2.75) is 84.9 Å². The van der Waals surface area contributed by atoms with Gasteiger partial charge in [0.15, 0.2) is 11.6 Å². The van der Waals surface area contributed by atoms with Crippen molar-refractivity contribution < 1.29 is 28.7 Å². The van der Waals surface area contributed by atoms with E-state index in [2.05, 4.69) is 20.5 Å². The Bertz CT molecular complexity index is 2250. The number of imidazole rings is 2. The number of esters is 1. The summed E-state index contributed by atoms with van der Waals surface area (Å²) in [6.07, 6.45) is 4.68. The Hall–Kier alpha value is -5.21. The van der Waals surface area contributed by atoms with Crippen LogP contribution in [0, 0.1) is 18.8 Å². The fourth-order valence-electron chi connectivity index (χ4n) is 8.52. The number of amides is 3. The van der Waals surface area contributed by atoms with Crippen LogP contribution >= 0.6 is 11.6 Å². The molecule has 0 atom stereocenters. The molecule has 58 heavy (non-hydrogen) atoms. The Balaban J connectivity index is 1.01. The normalized spacial score (nSPS) is 18.2. The summed E-state index contributed by atoms with van der Waals surface area (Å²) in [7, 11) is 5.15. The van der Waals surface area contributed by atoms with Gasteiger partial charge in [-0.25, -0.2) is 14.8 Å². The number of nitrogens with zero attached hydrogens (tertiary/aromatic N) is 6. The fraction of sp³-hybridized carbons (Fsp3) is 0.488. The van der Waals surface area contributed by atoms with Gasteiger partial charge in [0.2, 0.25) is 0 Å². The minimum Gasteiger partial charge on any atom is -0.469 e. The van der Waals surface area contributed by atoms with Crippen molar-refractivity contribution in [3.05, 3.63) is 81.4 Å². The smallest absolute Gasteiger partial charge is 0.410 e. The lowest BCUT2D eigenvalue weighted by Crippen LogP contribution is -2.40. The number of benzene rings is 2. The van der Waals surface area contributed by atoms with E-state index in [0.29, 0.717) is 58.9 Å². The van der Waals surface area contributed by atoms with Gasteiger partial charge in [0.05, 0.1) is 41.7 Å². The number of aromatic nitrogens is 4. The number of ether oxygens (including phenoxy) is 2. The third kappa shape index (κ3) is 8.49. The van der Waals surface area contributed by atoms with Crippen LogP contribution in [0.15, 0.2) is 36.4 Å². The molecule has 4 aromatic rings. The summed E-state index contributed by atoms with van der Waals surface area (Å²) >= 11 is 7.00. The maximum atomic E-state index is 13.8. The monoisotopic (exact) mass is 812 g/mol. The van der Waals surface area contributed by atoms with Gasteiger partial charge in [0, 0.05) is 75.8 Å². The molecular weight excluding hydrogens is 760 g/mol. The standard InChI is InChI=1S/C43H53ClN8O6/c1-25-28(29-11-9-13-31(36(29)44)48-40(54)38-46-33-24-52(21-19-35(33)50(38)6)42(56)58-43(2,3)4)10-8-12-30(25)47-39(53)37-45-32-23-51(20-18-34(32)49(37)5)22-26-14-16-27(17-15-26)41(55)57-7/h8-13,26-27H,14-24H2,1-7H3,(H,47,53)(H,48,54). The number of hydrogen-bond donors (Lipinski definition) is 2. The second-order valence-electron chi connectivity index (χ2n) is 16.7. The summed E-state index contributed by atoms with van der Waals surface area (Å²) in [5, 5.41) is 6.38. The number of fused-ring (bicyclic) bond motifs is 2. The lowest BCUT2D eigenvalue weighted by Gasteiger charge is -2.33. The highest BCUT2D eigenvalue weighted by molar-refractivity contribution is 6.36. The molecule has 0 unspecified atom stereocenters. The van der Waals surface area contributed by atoms with Crippen molar-refractivity contribution in [1.29, 1.82) is 0 Å². The Morgan fingerprint density at radius 1 is 0.810 bits per heavy atom. The number of anilines is 2. The molecule has 2 aromatic carbocycles. The number of nitrogens with one attached hydrogen (secondary N) is 2. The number of methoxy groups -OCH3 is 1. The average molecular weight is 813 g/mol. The van der Waals surface area contributed by atoms with E-state index in [1.54, 1.807) is 22.6 Å². The Labute approximate surface area is 344 Å². The summed E-state index contributed by atoms with van der Waals surface area (Å²) in [5.41, 5.74) is 6.24. The van der Waals surface area contributed by atoms with Gasteiger partial charge in [-0.15, -0.1) is 0 Å². The molecule has 2 aliphatic heterocycles. The predicted octanol–water partition coefficient (Wildman–Crippen LogP) is 6.92. The minimum atomic E-state index is -0.617. The van der Waals surface area contributed by atoms with Crippen molar-refractivity contribution in [1.82, 2.24) is 28.9 Å². The van der Waals surface area contributed by atoms with E-state index in [1.165, 1.54) is 7.11 Å². The number of halogens is 1. The molecular formula is C43H53ClN8O6. The fourth-order valence-corrected chi connectivity index (χ4v) is 8.80.